The largest absolute Gasteiger partial charge is 0.482 e. The van der Waals surface area contributed by atoms with Crippen LogP contribution in [0, 0.1) is 0 Å². The van der Waals surface area contributed by atoms with Crippen LogP contribution in [0.5, 0.6) is 5.75 Å². The maximum Gasteiger partial charge on any atom is 0.232 e. The Morgan fingerprint density at radius 1 is 1.13 bits per heavy atom. The summed E-state index contributed by atoms with van der Waals surface area (Å²) in [5, 5.41) is 2.73. The molecule has 5 heteroatoms. The molecule has 0 unspecified atom stereocenters. The fraction of sp³-hybridized carbons (Fsp3) is 0.111. The molecule has 0 fully saturated rings. The minimum atomic E-state index is -0.150. The highest BCUT2D eigenvalue weighted by atomic mass is 16.5. The third kappa shape index (κ3) is 3.77. The predicted molar refractivity (Wildman–Crippen MR) is 87.0 cm³/mol. The Bertz CT molecular complexity index is 797. The molecule has 1 amide bonds. The number of nitrogens with zero attached hydrogens (tertiary/aromatic N) is 1. The number of benzene rings is 2. The Balaban J connectivity index is 1.70. The second-order valence-electron chi connectivity index (χ2n) is 4.95. The molecule has 23 heavy (non-hydrogen) atoms. The normalized spacial score (nSPS) is 10.3. The number of para-hydroxylation sites is 2. The lowest BCUT2D eigenvalue weighted by molar-refractivity contribution is -0.114. The second-order valence-corrected chi connectivity index (χ2v) is 4.95. The molecular formula is C18H16N2O3. The fourth-order valence-corrected chi connectivity index (χ4v) is 2.14. The van der Waals surface area contributed by atoms with Crippen molar-refractivity contribution in [3.8, 4) is 17.1 Å². The van der Waals surface area contributed by atoms with Gasteiger partial charge in [-0.25, -0.2) is 4.98 Å². The molecule has 0 aliphatic rings. The number of ether oxygens (including phenoxy) is 1. The minimum absolute atomic E-state index is 0.150. The van der Waals surface area contributed by atoms with Crippen LogP contribution in [0.15, 0.2) is 65.2 Å². The van der Waals surface area contributed by atoms with E-state index in [-0.39, 0.29) is 12.5 Å². The summed E-state index contributed by atoms with van der Waals surface area (Å²) in [7, 11) is 0. The monoisotopic (exact) mass is 308 g/mol. The Kier molecular flexibility index (Phi) is 4.38. The molecule has 5 nitrogen and oxygen atoms in total. The van der Waals surface area contributed by atoms with Gasteiger partial charge in [-0.15, -0.1) is 0 Å². The van der Waals surface area contributed by atoms with E-state index in [0.29, 0.717) is 23.1 Å². The van der Waals surface area contributed by atoms with Crippen LogP contribution < -0.4 is 10.1 Å². The van der Waals surface area contributed by atoms with Crippen LogP contribution in [-0.2, 0) is 11.4 Å². The van der Waals surface area contributed by atoms with Crippen molar-refractivity contribution in [1.29, 1.82) is 0 Å². The maximum atomic E-state index is 11.2. The van der Waals surface area contributed by atoms with Gasteiger partial charge in [0.1, 0.15) is 5.75 Å². The summed E-state index contributed by atoms with van der Waals surface area (Å²) in [6, 6.07) is 17.0. The van der Waals surface area contributed by atoms with E-state index in [9.17, 15) is 4.79 Å². The maximum absolute atomic E-state index is 11.2. The molecule has 2 aromatic carbocycles. The molecule has 0 saturated heterocycles. The summed E-state index contributed by atoms with van der Waals surface area (Å²) < 4.78 is 11.4. The first-order valence-electron chi connectivity index (χ1n) is 7.22. The lowest BCUT2D eigenvalue weighted by atomic mass is 10.2. The standard InChI is InChI=1S/C18H16N2O3/c1-13(21)20-15-9-5-6-10-16(15)22-12-18-19-11-17(23-18)14-7-3-2-4-8-14/h2-11H,12H2,1H3,(H,20,21). The quantitative estimate of drug-likeness (QED) is 0.777. The third-order valence-corrected chi connectivity index (χ3v) is 3.16. The molecule has 3 aromatic rings. The summed E-state index contributed by atoms with van der Waals surface area (Å²) >= 11 is 0. The Hall–Kier alpha value is -3.08. The van der Waals surface area contributed by atoms with E-state index < -0.39 is 0 Å². The summed E-state index contributed by atoms with van der Waals surface area (Å²) in [6.07, 6.45) is 1.67. The molecule has 0 radical (unpaired) electrons. The van der Waals surface area contributed by atoms with E-state index in [2.05, 4.69) is 10.3 Å². The van der Waals surface area contributed by atoms with E-state index in [1.54, 1.807) is 18.3 Å². The van der Waals surface area contributed by atoms with Crippen molar-refractivity contribution < 1.29 is 13.9 Å². The van der Waals surface area contributed by atoms with E-state index in [0.717, 1.165) is 5.56 Å². The number of amides is 1. The van der Waals surface area contributed by atoms with Gasteiger partial charge in [0.15, 0.2) is 12.4 Å². The Labute approximate surface area is 133 Å². The van der Waals surface area contributed by atoms with E-state index in [4.69, 9.17) is 9.15 Å². The van der Waals surface area contributed by atoms with Gasteiger partial charge in [-0.05, 0) is 12.1 Å². The van der Waals surface area contributed by atoms with Gasteiger partial charge in [-0.1, -0.05) is 42.5 Å². The molecule has 1 heterocycles. The highest BCUT2D eigenvalue weighted by molar-refractivity contribution is 5.90. The van der Waals surface area contributed by atoms with Gasteiger partial charge in [-0.3, -0.25) is 4.79 Å². The van der Waals surface area contributed by atoms with Crippen LogP contribution in [0.3, 0.4) is 0 Å². The zero-order chi connectivity index (χ0) is 16.1. The average molecular weight is 308 g/mol. The van der Waals surface area contributed by atoms with Gasteiger partial charge >= 0.3 is 0 Å². The number of aromatic nitrogens is 1. The predicted octanol–water partition coefficient (Wildman–Crippen LogP) is 3.88. The molecule has 1 N–H and O–H groups in total. The lowest BCUT2D eigenvalue weighted by Crippen LogP contribution is -2.07. The molecule has 1 aromatic heterocycles. The topological polar surface area (TPSA) is 64.4 Å². The number of anilines is 1. The van der Waals surface area contributed by atoms with Crippen molar-refractivity contribution in [1.82, 2.24) is 4.98 Å². The smallest absolute Gasteiger partial charge is 0.232 e. The van der Waals surface area contributed by atoms with E-state index in [1.165, 1.54) is 6.92 Å². The number of hydrogen-bond acceptors (Lipinski definition) is 4. The number of nitrogens with one attached hydrogen (secondary N) is 1. The molecule has 116 valence electrons. The van der Waals surface area contributed by atoms with Crippen LogP contribution >= 0.6 is 0 Å². The van der Waals surface area contributed by atoms with Gasteiger partial charge in [0.2, 0.25) is 11.8 Å². The zero-order valence-electron chi connectivity index (χ0n) is 12.7. The summed E-state index contributed by atoms with van der Waals surface area (Å²) in [4.78, 5) is 15.4. The minimum Gasteiger partial charge on any atom is -0.482 e. The molecule has 0 aliphatic heterocycles. The van der Waals surface area contributed by atoms with E-state index >= 15 is 0 Å². The van der Waals surface area contributed by atoms with Crippen molar-refractivity contribution in [2.75, 3.05) is 5.32 Å². The Morgan fingerprint density at radius 2 is 1.87 bits per heavy atom. The molecule has 0 aliphatic carbocycles. The summed E-state index contributed by atoms with van der Waals surface area (Å²) in [5.41, 5.74) is 1.58. The van der Waals surface area contributed by atoms with Crippen molar-refractivity contribution >= 4 is 11.6 Å². The highest BCUT2D eigenvalue weighted by Crippen LogP contribution is 2.25. The van der Waals surface area contributed by atoms with Gasteiger partial charge in [0, 0.05) is 12.5 Å². The summed E-state index contributed by atoms with van der Waals surface area (Å²) in [6.45, 7) is 1.64. The van der Waals surface area contributed by atoms with Crippen LogP contribution in [0.1, 0.15) is 12.8 Å². The van der Waals surface area contributed by atoms with Crippen molar-refractivity contribution in [2.24, 2.45) is 0 Å². The van der Waals surface area contributed by atoms with Gasteiger partial charge in [-0.2, -0.15) is 0 Å². The zero-order valence-corrected chi connectivity index (χ0v) is 12.7. The Morgan fingerprint density at radius 3 is 2.65 bits per heavy atom. The molecule has 3 rings (SSSR count). The SMILES string of the molecule is CC(=O)Nc1ccccc1OCc1ncc(-c2ccccc2)o1. The first-order valence-corrected chi connectivity index (χ1v) is 7.22. The second kappa shape index (κ2) is 6.79. The highest BCUT2D eigenvalue weighted by Gasteiger charge is 2.09. The van der Waals surface area contributed by atoms with Gasteiger partial charge < -0.3 is 14.5 Å². The molecule has 0 saturated carbocycles. The first kappa shape index (κ1) is 14.8. The van der Waals surface area contributed by atoms with Crippen LogP contribution in [-0.4, -0.2) is 10.9 Å². The van der Waals surface area contributed by atoms with Gasteiger partial charge in [0.05, 0.1) is 11.9 Å². The van der Waals surface area contributed by atoms with E-state index in [1.807, 2.05) is 42.5 Å². The van der Waals surface area contributed by atoms with Crippen LogP contribution in [0.2, 0.25) is 0 Å². The molecule has 0 bridgehead atoms. The van der Waals surface area contributed by atoms with Gasteiger partial charge in [0.25, 0.3) is 0 Å². The number of hydrogen-bond donors (Lipinski definition) is 1. The molecular weight excluding hydrogens is 292 g/mol. The number of rotatable bonds is 5. The average Bonchev–Trinajstić information content (AvgIpc) is 3.03. The van der Waals surface area contributed by atoms with Crippen LogP contribution in [0.25, 0.3) is 11.3 Å². The molecule has 0 atom stereocenters. The van der Waals surface area contributed by atoms with Crippen molar-refractivity contribution in [3.05, 3.63) is 66.7 Å². The van der Waals surface area contributed by atoms with Crippen molar-refractivity contribution in [2.45, 2.75) is 13.5 Å². The van der Waals surface area contributed by atoms with Crippen molar-refractivity contribution in [3.63, 3.8) is 0 Å². The third-order valence-electron chi connectivity index (χ3n) is 3.16. The number of oxazole rings is 1. The summed E-state index contributed by atoms with van der Waals surface area (Å²) in [5.74, 6) is 1.59. The molecule has 0 spiro atoms. The first-order chi connectivity index (χ1) is 11.2. The fourth-order valence-electron chi connectivity index (χ4n) is 2.14. The lowest BCUT2D eigenvalue weighted by Gasteiger charge is -2.10. The number of carbonyl (C=O) groups excluding carboxylic acids is 1. The number of carbonyl (C=O) groups is 1. The van der Waals surface area contributed by atoms with Crippen LogP contribution in [0.4, 0.5) is 5.69 Å².